The zero-order chi connectivity index (χ0) is 35.8. The fourth-order valence-corrected chi connectivity index (χ4v) is 5.73. The van der Waals surface area contributed by atoms with Crippen LogP contribution in [0.3, 0.4) is 0 Å². The van der Waals surface area contributed by atoms with Crippen molar-refractivity contribution in [3.63, 3.8) is 0 Å². The number of alkyl carbamates (subject to hydrolysis) is 1. The smallest absolute Gasteiger partial charge is 0.407 e. The molecule has 2 aromatic carbocycles. The van der Waals surface area contributed by atoms with Crippen molar-refractivity contribution in [2.75, 3.05) is 13.2 Å². The van der Waals surface area contributed by atoms with Crippen molar-refractivity contribution < 1.29 is 67.1 Å². The topological polar surface area (TPSA) is 219 Å². The summed E-state index contributed by atoms with van der Waals surface area (Å²) in [5, 5.41) is 14.3. The summed E-state index contributed by atoms with van der Waals surface area (Å²) in [5.74, 6) is -6.22. The predicted molar refractivity (Wildman–Crippen MR) is 164 cm³/mol. The van der Waals surface area contributed by atoms with Gasteiger partial charge >= 0.3 is 35.9 Å². The molecule has 1 aliphatic carbocycles. The minimum atomic E-state index is -1.78. The third kappa shape index (κ3) is 9.31. The average molecular weight is 685 g/mol. The van der Waals surface area contributed by atoms with Gasteiger partial charge in [0.25, 0.3) is 0 Å². The van der Waals surface area contributed by atoms with Crippen molar-refractivity contribution in [1.29, 1.82) is 0 Å². The number of esters is 4. The Morgan fingerprint density at radius 1 is 0.714 bits per heavy atom. The minimum Gasteiger partial charge on any atom is -0.480 e. The van der Waals surface area contributed by atoms with Gasteiger partial charge < -0.3 is 44.2 Å². The Balaban J connectivity index is 1.46. The first-order valence-electron chi connectivity index (χ1n) is 15.2. The molecule has 1 heterocycles. The summed E-state index contributed by atoms with van der Waals surface area (Å²) in [6.07, 6.45) is -9.53. The molecule has 3 N–H and O–H groups in total. The Hall–Kier alpha value is -5.51. The molecule has 49 heavy (non-hydrogen) atoms. The number of carbonyl (C=O) groups excluding carboxylic acids is 6. The lowest BCUT2D eigenvalue weighted by molar-refractivity contribution is -0.257. The molecular weight excluding hydrogens is 648 g/mol. The standard InChI is InChI=1S/C33H36N2O14/c1-16(36)44-15-26-28(46-17(2)37)29(47-18(3)38)30(48-19(4)39)31(49-26)35-27(40)13-25(32(41)42)34-33(43)45-14-24-22-11-7-5-9-20(22)21-10-6-8-12-23(21)24/h5-12,24-26,28-31H,13-15H2,1-4H3,(H,34,43)(H,35,40)(H,41,42)/t25-,26+,28+,29-,30+,31-/m0/s1. The van der Waals surface area contributed by atoms with Crippen LogP contribution in [-0.2, 0) is 57.2 Å². The zero-order valence-electron chi connectivity index (χ0n) is 27.0. The van der Waals surface area contributed by atoms with Gasteiger partial charge in [0.15, 0.2) is 24.5 Å². The molecule has 2 aliphatic rings. The molecule has 4 rings (SSSR count). The fraction of sp³-hybridized carbons (Fsp3) is 0.424. The highest BCUT2D eigenvalue weighted by molar-refractivity contribution is 5.87. The molecule has 16 heteroatoms. The molecule has 16 nitrogen and oxygen atoms in total. The van der Waals surface area contributed by atoms with Crippen molar-refractivity contribution in [2.24, 2.45) is 0 Å². The monoisotopic (exact) mass is 684 g/mol. The lowest BCUT2D eigenvalue weighted by Crippen LogP contribution is -2.66. The molecule has 0 spiro atoms. The van der Waals surface area contributed by atoms with Gasteiger partial charge in [-0.15, -0.1) is 0 Å². The summed E-state index contributed by atoms with van der Waals surface area (Å²) in [6.45, 7) is 3.57. The molecule has 2 aromatic rings. The van der Waals surface area contributed by atoms with Gasteiger partial charge in [0.2, 0.25) is 5.91 Å². The van der Waals surface area contributed by atoms with Crippen molar-refractivity contribution >= 4 is 41.8 Å². The number of amides is 2. The maximum Gasteiger partial charge on any atom is 0.407 e. The summed E-state index contributed by atoms with van der Waals surface area (Å²) in [6, 6.07) is 13.5. The molecule has 0 saturated carbocycles. The van der Waals surface area contributed by atoms with E-state index in [9.17, 15) is 38.7 Å². The number of benzene rings is 2. The molecule has 0 aromatic heterocycles. The largest absolute Gasteiger partial charge is 0.480 e. The lowest BCUT2D eigenvalue weighted by atomic mass is 9.97. The molecule has 1 saturated heterocycles. The Morgan fingerprint density at radius 3 is 1.78 bits per heavy atom. The van der Waals surface area contributed by atoms with Gasteiger partial charge in [-0.25, -0.2) is 9.59 Å². The van der Waals surface area contributed by atoms with E-state index in [1.54, 1.807) is 0 Å². The van der Waals surface area contributed by atoms with Crippen LogP contribution in [0.15, 0.2) is 48.5 Å². The minimum absolute atomic E-state index is 0.108. The van der Waals surface area contributed by atoms with E-state index in [0.29, 0.717) is 0 Å². The highest BCUT2D eigenvalue weighted by Gasteiger charge is 2.52. The van der Waals surface area contributed by atoms with Crippen LogP contribution < -0.4 is 10.6 Å². The van der Waals surface area contributed by atoms with E-state index in [2.05, 4.69) is 10.6 Å². The van der Waals surface area contributed by atoms with E-state index < -0.39 is 91.6 Å². The first-order valence-corrected chi connectivity index (χ1v) is 15.2. The summed E-state index contributed by atoms with van der Waals surface area (Å²) < 4.78 is 32.1. The number of carboxylic acids is 1. The number of nitrogens with one attached hydrogen (secondary N) is 2. The van der Waals surface area contributed by atoms with E-state index in [1.165, 1.54) is 0 Å². The van der Waals surface area contributed by atoms with Gasteiger partial charge in [-0.1, -0.05) is 48.5 Å². The van der Waals surface area contributed by atoms with E-state index in [-0.39, 0.29) is 12.5 Å². The molecule has 2 amide bonds. The molecule has 262 valence electrons. The first kappa shape index (κ1) is 36.3. The number of ether oxygens (including phenoxy) is 6. The highest BCUT2D eigenvalue weighted by Crippen LogP contribution is 2.44. The fourth-order valence-electron chi connectivity index (χ4n) is 5.73. The molecule has 0 radical (unpaired) electrons. The van der Waals surface area contributed by atoms with Crippen molar-refractivity contribution in [3.05, 3.63) is 59.7 Å². The van der Waals surface area contributed by atoms with Gasteiger partial charge in [0.1, 0.15) is 25.4 Å². The number of aliphatic carboxylic acids is 1. The van der Waals surface area contributed by atoms with Crippen LogP contribution in [0.2, 0.25) is 0 Å². The molecule has 0 bridgehead atoms. The Kier molecular flexibility index (Phi) is 11.9. The van der Waals surface area contributed by atoms with Crippen LogP contribution >= 0.6 is 0 Å². The highest BCUT2D eigenvalue weighted by atomic mass is 16.7. The number of rotatable bonds is 12. The lowest BCUT2D eigenvalue weighted by Gasteiger charge is -2.44. The number of carbonyl (C=O) groups is 7. The quantitative estimate of drug-likeness (QED) is 0.214. The van der Waals surface area contributed by atoms with Gasteiger partial charge in [0.05, 0.1) is 6.42 Å². The van der Waals surface area contributed by atoms with Gasteiger partial charge in [0, 0.05) is 33.6 Å². The number of carboxylic acid groups (broad SMARTS) is 1. The maximum atomic E-state index is 13.2. The van der Waals surface area contributed by atoms with E-state index in [1.807, 2.05) is 48.5 Å². The summed E-state index contributed by atoms with van der Waals surface area (Å²) >= 11 is 0. The van der Waals surface area contributed by atoms with Gasteiger partial charge in [-0.3, -0.25) is 24.0 Å². The van der Waals surface area contributed by atoms with Crippen molar-refractivity contribution in [2.45, 2.75) is 76.7 Å². The van der Waals surface area contributed by atoms with Crippen LogP contribution in [0.5, 0.6) is 0 Å². The molecular formula is C33H36N2O14. The number of hydrogen-bond donors (Lipinski definition) is 3. The van der Waals surface area contributed by atoms with Crippen LogP contribution in [0.4, 0.5) is 4.79 Å². The SMILES string of the molecule is CC(=O)OC[C@H]1O[C@H](NC(=O)C[C@H](NC(=O)OCC2c3ccccc3-c3ccccc32)C(=O)O)[C@H](OC(C)=O)[C@@H](OC(C)=O)[C@@H]1OC(C)=O. The normalized spacial score (nSPS) is 21.5. The van der Waals surface area contributed by atoms with E-state index in [4.69, 9.17) is 28.4 Å². The Labute approximate surface area is 280 Å². The van der Waals surface area contributed by atoms with E-state index in [0.717, 1.165) is 49.9 Å². The van der Waals surface area contributed by atoms with Crippen LogP contribution in [-0.4, -0.2) is 96.9 Å². The number of hydrogen-bond acceptors (Lipinski definition) is 13. The third-order valence-electron chi connectivity index (χ3n) is 7.62. The van der Waals surface area contributed by atoms with Crippen LogP contribution in [0.25, 0.3) is 11.1 Å². The predicted octanol–water partition coefficient (Wildman–Crippen LogP) is 1.57. The summed E-state index contributed by atoms with van der Waals surface area (Å²) in [7, 11) is 0. The summed E-state index contributed by atoms with van der Waals surface area (Å²) in [4.78, 5) is 85.5. The van der Waals surface area contributed by atoms with Gasteiger partial charge in [-0.05, 0) is 22.3 Å². The van der Waals surface area contributed by atoms with Gasteiger partial charge in [-0.2, -0.15) is 0 Å². The second-order valence-corrected chi connectivity index (χ2v) is 11.3. The maximum absolute atomic E-state index is 13.2. The van der Waals surface area contributed by atoms with Crippen molar-refractivity contribution in [3.8, 4) is 11.1 Å². The second kappa shape index (κ2) is 16.1. The first-order chi connectivity index (χ1) is 23.2. The Morgan fingerprint density at radius 2 is 1.24 bits per heavy atom. The summed E-state index contributed by atoms with van der Waals surface area (Å²) in [5.41, 5.74) is 3.87. The Bertz CT molecular complexity index is 1560. The molecule has 6 atom stereocenters. The average Bonchev–Trinajstić information content (AvgIpc) is 3.34. The number of fused-ring (bicyclic) bond motifs is 3. The van der Waals surface area contributed by atoms with Crippen molar-refractivity contribution in [1.82, 2.24) is 10.6 Å². The molecule has 0 unspecified atom stereocenters. The van der Waals surface area contributed by atoms with Crippen LogP contribution in [0.1, 0.15) is 51.2 Å². The van der Waals surface area contributed by atoms with E-state index >= 15 is 0 Å². The zero-order valence-corrected chi connectivity index (χ0v) is 27.0. The molecule has 1 aliphatic heterocycles. The second-order valence-electron chi connectivity index (χ2n) is 11.3. The molecule has 1 fully saturated rings. The van der Waals surface area contributed by atoms with Crippen LogP contribution in [0, 0.1) is 0 Å². The third-order valence-corrected chi connectivity index (χ3v) is 7.62.